The fourth-order valence-electron chi connectivity index (χ4n) is 1.88. The third-order valence-electron chi connectivity index (χ3n) is 3.55. The van der Waals surface area contributed by atoms with Crippen molar-refractivity contribution in [3.63, 3.8) is 0 Å². The molecule has 0 radical (unpaired) electrons. The topological polar surface area (TPSA) is 70.7 Å². The molecule has 0 bridgehead atoms. The van der Waals surface area contributed by atoms with Crippen molar-refractivity contribution in [2.45, 2.75) is 20.3 Å². The van der Waals surface area contributed by atoms with Gasteiger partial charge in [0.25, 0.3) is 0 Å². The van der Waals surface area contributed by atoms with Gasteiger partial charge in [0.05, 0.1) is 7.11 Å². The van der Waals surface area contributed by atoms with Crippen LogP contribution in [0.4, 0.5) is 5.69 Å². The number of nitrogens with one attached hydrogen (secondary N) is 2. The van der Waals surface area contributed by atoms with Gasteiger partial charge in [0.1, 0.15) is 11.2 Å². The summed E-state index contributed by atoms with van der Waals surface area (Å²) in [6, 6.07) is 6.98. The number of benzene rings is 1. The largest absolute Gasteiger partial charge is 0.497 e. The lowest BCUT2D eigenvalue weighted by Crippen LogP contribution is -2.45. The van der Waals surface area contributed by atoms with Crippen LogP contribution in [0.3, 0.4) is 0 Å². The number of nitrogens with zero attached hydrogens (tertiary/aromatic N) is 1. The minimum absolute atomic E-state index is 0.276. The number of amides is 2. The van der Waals surface area contributed by atoms with Crippen molar-refractivity contribution in [1.82, 2.24) is 10.2 Å². The van der Waals surface area contributed by atoms with Gasteiger partial charge in [0, 0.05) is 12.2 Å². The number of anilines is 1. The van der Waals surface area contributed by atoms with Crippen LogP contribution >= 0.6 is 0 Å². The van der Waals surface area contributed by atoms with E-state index in [2.05, 4.69) is 10.6 Å². The predicted octanol–water partition coefficient (Wildman–Crippen LogP) is 1.73. The highest BCUT2D eigenvalue weighted by atomic mass is 16.5. The average Bonchev–Trinajstić information content (AvgIpc) is 2.51. The van der Waals surface area contributed by atoms with E-state index in [1.165, 1.54) is 0 Å². The Bertz CT molecular complexity index is 524. The lowest BCUT2D eigenvalue weighted by atomic mass is 9.91. The Balaban J connectivity index is 2.55. The van der Waals surface area contributed by atoms with E-state index in [9.17, 15) is 9.59 Å². The molecule has 0 aliphatic carbocycles. The molecule has 0 fully saturated rings. The zero-order chi connectivity index (χ0) is 17.5. The molecule has 0 saturated heterocycles. The molecule has 23 heavy (non-hydrogen) atoms. The summed E-state index contributed by atoms with van der Waals surface area (Å²) in [4.78, 5) is 26.6. The van der Waals surface area contributed by atoms with Crippen molar-refractivity contribution in [1.29, 1.82) is 0 Å². The highest BCUT2D eigenvalue weighted by molar-refractivity contribution is 6.09. The van der Waals surface area contributed by atoms with Crippen LogP contribution in [0.25, 0.3) is 0 Å². The van der Waals surface area contributed by atoms with Crippen molar-refractivity contribution in [3.8, 4) is 5.75 Å². The summed E-state index contributed by atoms with van der Waals surface area (Å²) in [5.74, 6) is 0.0935. The molecule has 0 saturated carbocycles. The Hall–Kier alpha value is -2.08. The van der Waals surface area contributed by atoms with E-state index in [4.69, 9.17) is 4.74 Å². The molecule has 0 heterocycles. The van der Waals surface area contributed by atoms with Crippen LogP contribution in [-0.2, 0) is 9.59 Å². The van der Waals surface area contributed by atoms with Crippen LogP contribution < -0.4 is 15.4 Å². The van der Waals surface area contributed by atoms with Crippen LogP contribution in [0.15, 0.2) is 24.3 Å². The first-order chi connectivity index (χ1) is 10.8. The fraction of sp³-hybridized carbons (Fsp3) is 0.529. The monoisotopic (exact) mass is 321 g/mol. The predicted molar refractivity (Wildman–Crippen MR) is 91.6 cm³/mol. The molecule has 1 aromatic carbocycles. The summed E-state index contributed by atoms with van der Waals surface area (Å²) in [6.07, 6.45) is 0.842. The number of hydrogen-bond donors (Lipinski definition) is 2. The first-order valence-corrected chi connectivity index (χ1v) is 7.66. The minimum atomic E-state index is -1.14. The van der Waals surface area contributed by atoms with Gasteiger partial charge in [-0.15, -0.1) is 0 Å². The van der Waals surface area contributed by atoms with E-state index in [0.29, 0.717) is 18.0 Å². The van der Waals surface area contributed by atoms with Gasteiger partial charge in [-0.1, -0.05) is 0 Å². The van der Waals surface area contributed by atoms with E-state index in [1.54, 1.807) is 45.2 Å². The van der Waals surface area contributed by atoms with Crippen LogP contribution in [0, 0.1) is 5.41 Å². The second-order valence-electron chi connectivity index (χ2n) is 6.22. The first kappa shape index (κ1) is 19.0. The van der Waals surface area contributed by atoms with Crippen LogP contribution in [0.1, 0.15) is 20.3 Å². The average molecular weight is 321 g/mol. The van der Waals surface area contributed by atoms with E-state index in [1.807, 2.05) is 19.0 Å². The Morgan fingerprint density at radius 2 is 1.74 bits per heavy atom. The molecule has 2 amide bonds. The van der Waals surface area contributed by atoms with E-state index in [-0.39, 0.29) is 11.8 Å². The molecule has 1 aromatic rings. The summed E-state index contributed by atoms with van der Waals surface area (Å²) in [7, 11) is 5.54. The lowest BCUT2D eigenvalue weighted by Gasteiger charge is -2.23. The van der Waals surface area contributed by atoms with Gasteiger partial charge in [0.2, 0.25) is 11.8 Å². The second kappa shape index (κ2) is 8.53. The molecule has 128 valence electrons. The number of rotatable bonds is 8. The standard InChI is InChI=1S/C17H27N3O3/c1-17(2,15(21)18-11-6-12-20(3)4)16(22)19-13-7-9-14(23-5)10-8-13/h7-10H,6,11-12H2,1-5H3,(H,18,21)(H,19,22). The number of hydrogen-bond acceptors (Lipinski definition) is 4. The highest BCUT2D eigenvalue weighted by Gasteiger charge is 2.35. The second-order valence-corrected chi connectivity index (χ2v) is 6.22. The summed E-state index contributed by atoms with van der Waals surface area (Å²) < 4.78 is 5.07. The molecule has 0 aromatic heterocycles. The van der Waals surface area contributed by atoms with Crippen molar-refractivity contribution >= 4 is 17.5 Å². The fourth-order valence-corrected chi connectivity index (χ4v) is 1.88. The number of methoxy groups -OCH3 is 1. The third kappa shape index (κ3) is 5.90. The number of ether oxygens (including phenoxy) is 1. The maximum Gasteiger partial charge on any atom is 0.239 e. The lowest BCUT2D eigenvalue weighted by molar-refractivity contribution is -0.138. The molecule has 0 unspecified atom stereocenters. The van der Waals surface area contributed by atoms with Gasteiger partial charge in [0.15, 0.2) is 0 Å². The Kier molecular flexibility index (Phi) is 7.03. The molecule has 0 aliphatic heterocycles. The Morgan fingerprint density at radius 1 is 1.13 bits per heavy atom. The van der Waals surface area contributed by atoms with Crippen LogP contribution in [0.2, 0.25) is 0 Å². The van der Waals surface area contributed by atoms with Crippen molar-refractivity contribution in [3.05, 3.63) is 24.3 Å². The van der Waals surface area contributed by atoms with Crippen molar-refractivity contribution < 1.29 is 14.3 Å². The Labute approximate surface area is 138 Å². The molecular formula is C17H27N3O3. The maximum absolute atomic E-state index is 12.4. The molecular weight excluding hydrogens is 294 g/mol. The zero-order valence-electron chi connectivity index (χ0n) is 14.6. The van der Waals surface area contributed by atoms with Gasteiger partial charge in [-0.3, -0.25) is 9.59 Å². The summed E-state index contributed by atoms with van der Waals surface area (Å²) in [6.45, 7) is 4.68. The SMILES string of the molecule is COc1ccc(NC(=O)C(C)(C)C(=O)NCCCN(C)C)cc1. The van der Waals surface area contributed by atoms with E-state index < -0.39 is 5.41 Å². The van der Waals surface area contributed by atoms with Gasteiger partial charge < -0.3 is 20.3 Å². The van der Waals surface area contributed by atoms with Gasteiger partial charge >= 0.3 is 0 Å². The smallest absolute Gasteiger partial charge is 0.239 e. The summed E-state index contributed by atoms with van der Waals surface area (Å²) in [5, 5.41) is 5.58. The first-order valence-electron chi connectivity index (χ1n) is 7.66. The van der Waals surface area contributed by atoms with Gasteiger partial charge in [-0.25, -0.2) is 0 Å². The normalized spacial score (nSPS) is 11.2. The third-order valence-corrected chi connectivity index (χ3v) is 3.55. The van der Waals surface area contributed by atoms with E-state index >= 15 is 0 Å². The number of carbonyl (C=O) groups excluding carboxylic acids is 2. The molecule has 2 N–H and O–H groups in total. The van der Waals surface area contributed by atoms with Gasteiger partial charge in [-0.05, 0) is 65.2 Å². The minimum Gasteiger partial charge on any atom is -0.497 e. The Morgan fingerprint density at radius 3 is 2.26 bits per heavy atom. The van der Waals surface area contributed by atoms with Crippen molar-refractivity contribution in [2.24, 2.45) is 5.41 Å². The van der Waals surface area contributed by atoms with Crippen molar-refractivity contribution in [2.75, 3.05) is 39.6 Å². The number of carbonyl (C=O) groups is 2. The molecule has 0 atom stereocenters. The molecule has 6 nitrogen and oxygen atoms in total. The zero-order valence-corrected chi connectivity index (χ0v) is 14.6. The maximum atomic E-state index is 12.4. The molecule has 1 rings (SSSR count). The van der Waals surface area contributed by atoms with Gasteiger partial charge in [-0.2, -0.15) is 0 Å². The summed E-state index contributed by atoms with van der Waals surface area (Å²) >= 11 is 0. The van der Waals surface area contributed by atoms with Crippen LogP contribution in [-0.4, -0.2) is 51.0 Å². The molecule has 6 heteroatoms. The van der Waals surface area contributed by atoms with E-state index in [0.717, 1.165) is 13.0 Å². The molecule has 0 spiro atoms. The van der Waals surface area contributed by atoms with Crippen LogP contribution in [0.5, 0.6) is 5.75 Å². The highest BCUT2D eigenvalue weighted by Crippen LogP contribution is 2.20. The summed E-state index contributed by atoms with van der Waals surface area (Å²) in [5.41, 5.74) is -0.512. The quantitative estimate of drug-likeness (QED) is 0.565. The molecule has 0 aliphatic rings.